The Morgan fingerprint density at radius 2 is 2.33 bits per heavy atom. The Kier molecular flexibility index (Phi) is 4.32. The van der Waals surface area contributed by atoms with Crippen molar-refractivity contribution >= 4 is 29.1 Å². The molecule has 1 heterocycles. The van der Waals surface area contributed by atoms with Gasteiger partial charge in [-0.05, 0) is 13.0 Å². The van der Waals surface area contributed by atoms with Crippen LogP contribution >= 0.6 is 23.2 Å². The quantitative estimate of drug-likeness (QED) is 0.798. The van der Waals surface area contributed by atoms with Crippen molar-refractivity contribution in [2.75, 3.05) is 6.61 Å². The first kappa shape index (κ1) is 12.2. The summed E-state index contributed by atoms with van der Waals surface area (Å²) in [7, 11) is 0. The molecule has 0 aliphatic rings. The van der Waals surface area contributed by atoms with Crippen LogP contribution in [0, 0.1) is 0 Å². The Balaban J connectivity index is 2.78. The number of aliphatic hydroxyl groups excluding tert-OH is 1. The van der Waals surface area contributed by atoms with E-state index in [0.717, 1.165) is 0 Å². The lowest BCUT2D eigenvalue weighted by atomic mass is 10.2. The van der Waals surface area contributed by atoms with Gasteiger partial charge in [0.15, 0.2) is 0 Å². The number of carbonyl (C=O) groups is 1. The molecule has 0 unspecified atom stereocenters. The Morgan fingerprint density at radius 3 is 2.87 bits per heavy atom. The van der Waals surface area contributed by atoms with Crippen molar-refractivity contribution in [3.05, 3.63) is 28.0 Å². The van der Waals surface area contributed by atoms with Gasteiger partial charge in [0.2, 0.25) is 0 Å². The van der Waals surface area contributed by atoms with Gasteiger partial charge in [-0.1, -0.05) is 23.2 Å². The number of hydrogen-bond donors (Lipinski definition) is 2. The van der Waals surface area contributed by atoms with Crippen molar-refractivity contribution < 1.29 is 9.90 Å². The number of aromatic nitrogens is 1. The Bertz CT molecular complexity index is 371. The van der Waals surface area contributed by atoms with E-state index in [0.29, 0.717) is 5.56 Å². The van der Waals surface area contributed by atoms with E-state index in [1.54, 1.807) is 6.92 Å². The SMILES string of the molecule is C[C@@H](CO)NC(=O)c1cnc(Cl)c(Cl)c1. The molecule has 0 aliphatic heterocycles. The monoisotopic (exact) mass is 248 g/mol. The van der Waals surface area contributed by atoms with Gasteiger partial charge in [-0.25, -0.2) is 4.98 Å². The van der Waals surface area contributed by atoms with E-state index in [4.69, 9.17) is 28.3 Å². The predicted octanol–water partition coefficient (Wildman–Crippen LogP) is 1.50. The molecular weight excluding hydrogens is 239 g/mol. The number of amides is 1. The van der Waals surface area contributed by atoms with Crippen molar-refractivity contribution in [2.45, 2.75) is 13.0 Å². The lowest BCUT2D eigenvalue weighted by molar-refractivity contribution is 0.0922. The molecule has 6 heteroatoms. The fourth-order valence-electron chi connectivity index (χ4n) is 0.898. The maximum Gasteiger partial charge on any atom is 0.253 e. The molecule has 2 N–H and O–H groups in total. The summed E-state index contributed by atoms with van der Waals surface area (Å²) in [6.45, 7) is 1.56. The lowest BCUT2D eigenvalue weighted by Gasteiger charge is -2.10. The highest BCUT2D eigenvalue weighted by Gasteiger charge is 2.11. The van der Waals surface area contributed by atoms with Crippen molar-refractivity contribution in [2.24, 2.45) is 0 Å². The first-order chi connectivity index (χ1) is 7.04. The summed E-state index contributed by atoms with van der Waals surface area (Å²) in [5, 5.41) is 11.7. The normalized spacial score (nSPS) is 12.3. The number of hydrogen-bond acceptors (Lipinski definition) is 3. The van der Waals surface area contributed by atoms with Crippen LogP contribution in [-0.4, -0.2) is 28.6 Å². The summed E-state index contributed by atoms with van der Waals surface area (Å²) in [5.41, 5.74) is 0.310. The summed E-state index contributed by atoms with van der Waals surface area (Å²) in [6.07, 6.45) is 1.33. The largest absolute Gasteiger partial charge is 0.394 e. The highest BCUT2D eigenvalue weighted by molar-refractivity contribution is 6.41. The van der Waals surface area contributed by atoms with Crippen molar-refractivity contribution in [1.82, 2.24) is 10.3 Å². The van der Waals surface area contributed by atoms with Gasteiger partial charge in [-0.2, -0.15) is 0 Å². The standard InChI is InChI=1S/C9H10Cl2N2O2/c1-5(4-14)13-9(15)6-2-7(10)8(11)12-3-6/h2-3,5,14H,4H2,1H3,(H,13,15)/t5-/m0/s1. The molecule has 15 heavy (non-hydrogen) atoms. The van der Waals surface area contributed by atoms with Crippen LogP contribution in [0.25, 0.3) is 0 Å². The highest BCUT2D eigenvalue weighted by atomic mass is 35.5. The number of carbonyl (C=O) groups excluding carboxylic acids is 1. The molecule has 1 atom stereocenters. The molecule has 0 aliphatic carbocycles. The van der Waals surface area contributed by atoms with Crippen molar-refractivity contribution in [1.29, 1.82) is 0 Å². The Labute approximate surface area is 97.2 Å². The summed E-state index contributed by atoms with van der Waals surface area (Å²) >= 11 is 11.3. The zero-order valence-corrected chi connectivity index (χ0v) is 9.51. The first-order valence-electron chi connectivity index (χ1n) is 4.27. The second-order valence-corrected chi connectivity index (χ2v) is 3.82. The molecule has 0 aromatic carbocycles. The van der Waals surface area contributed by atoms with Gasteiger partial charge in [0.25, 0.3) is 5.91 Å². The molecule has 82 valence electrons. The smallest absolute Gasteiger partial charge is 0.253 e. The summed E-state index contributed by atoms with van der Waals surface area (Å²) in [4.78, 5) is 15.3. The second kappa shape index (κ2) is 5.30. The van der Waals surface area contributed by atoms with E-state index in [-0.39, 0.29) is 28.7 Å². The molecule has 0 radical (unpaired) electrons. The van der Waals surface area contributed by atoms with Gasteiger partial charge in [0.05, 0.1) is 17.2 Å². The number of nitrogens with one attached hydrogen (secondary N) is 1. The molecule has 0 saturated heterocycles. The topological polar surface area (TPSA) is 62.2 Å². The zero-order valence-electron chi connectivity index (χ0n) is 8.00. The fourth-order valence-corrected chi connectivity index (χ4v) is 1.17. The van der Waals surface area contributed by atoms with Crippen LogP contribution in [0.4, 0.5) is 0 Å². The third kappa shape index (κ3) is 3.34. The highest BCUT2D eigenvalue weighted by Crippen LogP contribution is 2.19. The molecule has 1 aromatic heterocycles. The molecule has 1 amide bonds. The number of pyridine rings is 1. The Morgan fingerprint density at radius 1 is 1.67 bits per heavy atom. The summed E-state index contributed by atoms with van der Waals surface area (Å²) < 4.78 is 0. The van der Waals surface area contributed by atoms with Gasteiger partial charge < -0.3 is 10.4 Å². The van der Waals surface area contributed by atoms with E-state index in [1.807, 2.05) is 0 Å². The average molecular weight is 249 g/mol. The maximum atomic E-state index is 11.5. The summed E-state index contributed by atoms with van der Waals surface area (Å²) in [6, 6.07) is 1.11. The molecule has 0 saturated carbocycles. The van der Waals surface area contributed by atoms with Crippen LogP contribution in [-0.2, 0) is 0 Å². The van der Waals surface area contributed by atoms with Gasteiger partial charge in [-0.15, -0.1) is 0 Å². The molecule has 0 bridgehead atoms. The van der Waals surface area contributed by atoms with E-state index in [2.05, 4.69) is 10.3 Å². The third-order valence-electron chi connectivity index (χ3n) is 1.71. The van der Waals surface area contributed by atoms with Crippen LogP contribution < -0.4 is 5.32 Å². The minimum atomic E-state index is -0.345. The van der Waals surface area contributed by atoms with Crippen LogP contribution in [0.3, 0.4) is 0 Å². The van der Waals surface area contributed by atoms with E-state index >= 15 is 0 Å². The molecule has 0 spiro atoms. The average Bonchev–Trinajstić information content (AvgIpc) is 2.21. The first-order valence-corrected chi connectivity index (χ1v) is 5.03. The van der Waals surface area contributed by atoms with Crippen LogP contribution in [0.1, 0.15) is 17.3 Å². The Hall–Kier alpha value is -0.840. The number of aliphatic hydroxyl groups is 1. The number of rotatable bonds is 3. The van der Waals surface area contributed by atoms with E-state index in [9.17, 15) is 4.79 Å². The van der Waals surface area contributed by atoms with E-state index in [1.165, 1.54) is 12.3 Å². The second-order valence-electron chi connectivity index (χ2n) is 3.05. The van der Waals surface area contributed by atoms with Crippen LogP contribution in [0.5, 0.6) is 0 Å². The lowest BCUT2D eigenvalue weighted by Crippen LogP contribution is -2.35. The molecule has 1 rings (SSSR count). The molecule has 0 fully saturated rings. The third-order valence-corrected chi connectivity index (χ3v) is 2.40. The molecule has 4 nitrogen and oxygen atoms in total. The van der Waals surface area contributed by atoms with Gasteiger partial charge in [-0.3, -0.25) is 4.79 Å². The maximum absolute atomic E-state index is 11.5. The van der Waals surface area contributed by atoms with Crippen LogP contribution in [0.15, 0.2) is 12.3 Å². The minimum absolute atomic E-state index is 0.125. The zero-order chi connectivity index (χ0) is 11.4. The van der Waals surface area contributed by atoms with Crippen LogP contribution in [0.2, 0.25) is 10.2 Å². The van der Waals surface area contributed by atoms with E-state index < -0.39 is 0 Å². The molecule has 1 aromatic rings. The van der Waals surface area contributed by atoms with Crippen molar-refractivity contribution in [3.63, 3.8) is 0 Å². The molecular formula is C9H10Cl2N2O2. The predicted molar refractivity (Wildman–Crippen MR) is 58.3 cm³/mol. The number of nitrogens with zero attached hydrogens (tertiary/aromatic N) is 1. The number of halogens is 2. The van der Waals surface area contributed by atoms with Gasteiger partial charge in [0, 0.05) is 12.2 Å². The van der Waals surface area contributed by atoms with Gasteiger partial charge in [0.1, 0.15) is 5.15 Å². The summed E-state index contributed by atoms with van der Waals surface area (Å²) in [5.74, 6) is -0.345. The minimum Gasteiger partial charge on any atom is -0.394 e. The van der Waals surface area contributed by atoms with Crippen molar-refractivity contribution in [3.8, 4) is 0 Å². The van der Waals surface area contributed by atoms with Gasteiger partial charge >= 0.3 is 0 Å². The fraction of sp³-hybridized carbons (Fsp3) is 0.333.